The number of sulfonamides is 1. The van der Waals surface area contributed by atoms with Crippen molar-refractivity contribution >= 4 is 44.9 Å². The van der Waals surface area contributed by atoms with E-state index in [9.17, 15) is 8.42 Å². The minimum Gasteiger partial charge on any atom is -0.361 e. The van der Waals surface area contributed by atoms with Gasteiger partial charge >= 0.3 is 0 Å². The van der Waals surface area contributed by atoms with Crippen LogP contribution in [-0.2, 0) is 21.5 Å². The zero-order valence-corrected chi connectivity index (χ0v) is 20.7. The minimum absolute atomic E-state index is 0.289. The summed E-state index contributed by atoms with van der Waals surface area (Å²) < 4.78 is 35.9. The van der Waals surface area contributed by atoms with Crippen molar-refractivity contribution in [3.8, 4) is 0 Å². The molecule has 0 saturated carbocycles. The van der Waals surface area contributed by atoms with Crippen LogP contribution in [0.2, 0.25) is 25.7 Å². The summed E-state index contributed by atoms with van der Waals surface area (Å²) in [5.41, 5.74) is 0.455. The van der Waals surface area contributed by atoms with Crippen LogP contribution in [0.5, 0.6) is 0 Å². The number of rotatable bonds is 7. The van der Waals surface area contributed by atoms with Gasteiger partial charge in [-0.05, 0) is 60.9 Å². The van der Waals surface area contributed by atoms with Crippen LogP contribution in [0.25, 0.3) is 10.9 Å². The lowest BCUT2D eigenvalue weighted by molar-refractivity contribution is 0.0902. The Balaban J connectivity index is 2.29. The van der Waals surface area contributed by atoms with Crippen LogP contribution in [0.15, 0.2) is 33.8 Å². The van der Waals surface area contributed by atoms with E-state index >= 15 is 0 Å². The number of aromatic nitrogens is 1. The first-order chi connectivity index (χ1) is 12.2. The summed E-state index contributed by atoms with van der Waals surface area (Å²) in [5, 5.41) is 0.874. The Labute approximate surface area is 172 Å². The normalized spacial score (nSPS) is 13.7. The van der Waals surface area contributed by atoms with Crippen molar-refractivity contribution in [1.29, 1.82) is 0 Å². The van der Waals surface area contributed by atoms with Gasteiger partial charge in [-0.1, -0.05) is 19.6 Å². The molecule has 0 unspecified atom stereocenters. The number of hydrogen-bond acceptors (Lipinski definition) is 3. The van der Waals surface area contributed by atoms with Crippen molar-refractivity contribution in [1.82, 2.24) is 8.87 Å². The largest absolute Gasteiger partial charge is 0.361 e. The molecule has 27 heavy (non-hydrogen) atoms. The highest BCUT2D eigenvalue weighted by molar-refractivity contribution is 9.10. The monoisotopic (exact) mass is 474 g/mol. The Kier molecular flexibility index (Phi) is 6.69. The zero-order valence-electron chi connectivity index (χ0n) is 17.3. The van der Waals surface area contributed by atoms with Gasteiger partial charge in [-0.2, -0.15) is 4.31 Å². The summed E-state index contributed by atoms with van der Waals surface area (Å²) in [6.07, 6.45) is 1.94. The van der Waals surface area contributed by atoms with Crippen molar-refractivity contribution < 1.29 is 13.2 Å². The smallest absolute Gasteiger partial charge is 0.243 e. The summed E-state index contributed by atoms with van der Waals surface area (Å²) in [6.45, 7) is 13.8. The molecule has 0 fully saturated rings. The van der Waals surface area contributed by atoms with Crippen LogP contribution in [-0.4, -0.2) is 44.6 Å². The van der Waals surface area contributed by atoms with E-state index in [-0.39, 0.29) is 4.90 Å². The first-order valence-electron chi connectivity index (χ1n) is 9.09. The van der Waals surface area contributed by atoms with Crippen LogP contribution < -0.4 is 0 Å². The molecule has 1 aromatic heterocycles. The molecule has 0 aliphatic carbocycles. The van der Waals surface area contributed by atoms with Gasteiger partial charge in [0.2, 0.25) is 10.0 Å². The maximum Gasteiger partial charge on any atom is 0.243 e. The molecular formula is C19H31BrN2O3SSi. The van der Waals surface area contributed by atoms with Crippen LogP contribution in [0.4, 0.5) is 0 Å². The molecule has 152 valence electrons. The third kappa shape index (κ3) is 5.44. The Hall–Kier alpha value is -0.673. The summed E-state index contributed by atoms with van der Waals surface area (Å²) >= 11 is 3.56. The molecular weight excluding hydrogens is 444 g/mol. The lowest BCUT2D eigenvalue weighted by Gasteiger charge is -2.31. The summed E-state index contributed by atoms with van der Waals surface area (Å²) in [7, 11) is -3.07. The van der Waals surface area contributed by atoms with E-state index < -0.39 is 23.6 Å². The average Bonchev–Trinajstić information content (AvgIpc) is 2.92. The maximum absolute atomic E-state index is 13.0. The fraction of sp³-hybridized carbons (Fsp3) is 0.579. The number of halogens is 1. The molecule has 0 saturated heterocycles. The lowest BCUT2D eigenvalue weighted by atomic mass is 10.1. The van der Waals surface area contributed by atoms with Gasteiger partial charge in [0.15, 0.2) is 0 Å². The quantitative estimate of drug-likeness (QED) is 0.412. The fourth-order valence-corrected chi connectivity index (χ4v) is 5.78. The predicted octanol–water partition coefficient (Wildman–Crippen LogP) is 5.14. The topological polar surface area (TPSA) is 51.5 Å². The zero-order chi connectivity index (χ0) is 20.6. The van der Waals surface area contributed by atoms with E-state index in [1.807, 2.05) is 37.6 Å². The second kappa shape index (κ2) is 7.98. The Morgan fingerprint density at radius 1 is 1.22 bits per heavy atom. The molecule has 8 heteroatoms. The molecule has 5 nitrogen and oxygen atoms in total. The molecule has 2 aromatic rings. The highest BCUT2D eigenvalue weighted by atomic mass is 79.9. The van der Waals surface area contributed by atoms with E-state index in [2.05, 4.69) is 35.6 Å². The van der Waals surface area contributed by atoms with E-state index in [1.165, 1.54) is 4.31 Å². The molecule has 0 bridgehead atoms. The second-order valence-corrected chi connectivity index (χ2v) is 17.6. The van der Waals surface area contributed by atoms with Gasteiger partial charge in [-0.15, -0.1) is 0 Å². The average molecular weight is 476 g/mol. The third-order valence-corrected chi connectivity index (χ3v) is 9.03. The minimum atomic E-state index is -3.57. The van der Waals surface area contributed by atoms with Gasteiger partial charge in [-0.25, -0.2) is 8.42 Å². The summed E-state index contributed by atoms with van der Waals surface area (Å²) in [4.78, 5) is 0.289. The maximum atomic E-state index is 13.0. The molecule has 1 heterocycles. The van der Waals surface area contributed by atoms with Gasteiger partial charge in [0.1, 0.15) is 6.73 Å². The van der Waals surface area contributed by atoms with Crippen molar-refractivity contribution in [3.05, 3.63) is 28.9 Å². The highest BCUT2D eigenvalue weighted by Crippen LogP contribution is 2.31. The molecule has 0 aliphatic rings. The first-order valence-corrected chi connectivity index (χ1v) is 15.0. The van der Waals surface area contributed by atoms with Crippen molar-refractivity contribution in [2.75, 3.05) is 13.7 Å². The third-order valence-electron chi connectivity index (χ3n) is 4.62. The highest BCUT2D eigenvalue weighted by Gasteiger charge is 2.31. The standard InChI is InChI=1S/C19H31BrN2O3SSi/c1-19(2,3)21(4)26(23,24)16-12-15-8-9-22(18(15)17(20)13-16)14-25-10-11-27(5,6)7/h8-9,12-13H,10-11,14H2,1-7H3. The van der Waals surface area contributed by atoms with Gasteiger partial charge < -0.3 is 9.30 Å². The number of ether oxygens (including phenoxy) is 1. The predicted molar refractivity (Wildman–Crippen MR) is 118 cm³/mol. The number of hydrogen-bond donors (Lipinski definition) is 0. The van der Waals surface area contributed by atoms with E-state index in [0.29, 0.717) is 6.73 Å². The van der Waals surface area contributed by atoms with E-state index in [4.69, 9.17) is 4.74 Å². The molecule has 1 aromatic carbocycles. The van der Waals surface area contributed by atoms with Gasteiger partial charge in [0.05, 0.1) is 10.4 Å². The lowest BCUT2D eigenvalue weighted by Crippen LogP contribution is -2.42. The number of benzene rings is 1. The summed E-state index contributed by atoms with van der Waals surface area (Å²) in [6, 6.07) is 6.46. The van der Waals surface area contributed by atoms with Crippen molar-refractivity contribution in [2.24, 2.45) is 0 Å². The molecule has 0 aliphatic heterocycles. The van der Waals surface area contributed by atoms with Crippen molar-refractivity contribution in [3.63, 3.8) is 0 Å². The van der Waals surface area contributed by atoms with Crippen LogP contribution in [0.3, 0.4) is 0 Å². The molecule has 0 spiro atoms. The molecule has 0 amide bonds. The van der Waals surface area contributed by atoms with Gasteiger partial charge in [0, 0.05) is 43.3 Å². The van der Waals surface area contributed by atoms with Crippen LogP contribution >= 0.6 is 15.9 Å². The Morgan fingerprint density at radius 3 is 2.41 bits per heavy atom. The van der Waals surface area contributed by atoms with E-state index in [0.717, 1.165) is 28.0 Å². The molecule has 0 N–H and O–H groups in total. The van der Waals surface area contributed by atoms with Gasteiger partial charge in [-0.3, -0.25) is 0 Å². The molecule has 0 atom stereocenters. The van der Waals surface area contributed by atoms with Crippen LogP contribution in [0.1, 0.15) is 20.8 Å². The molecule has 0 radical (unpaired) electrons. The van der Waals surface area contributed by atoms with E-state index in [1.54, 1.807) is 19.2 Å². The number of fused-ring (bicyclic) bond motifs is 1. The summed E-state index contributed by atoms with van der Waals surface area (Å²) in [5.74, 6) is 0. The first kappa shape index (κ1) is 22.6. The SMILES string of the molecule is CN(C(C)(C)C)S(=O)(=O)c1cc(Br)c2c(ccn2COCC[Si](C)(C)C)c1. The number of nitrogens with zero attached hydrogens (tertiary/aromatic N) is 2. The Morgan fingerprint density at radius 2 is 1.85 bits per heavy atom. The van der Waals surface area contributed by atoms with Gasteiger partial charge in [0.25, 0.3) is 0 Å². The van der Waals surface area contributed by atoms with Crippen LogP contribution in [0, 0.1) is 0 Å². The molecule has 2 rings (SSSR count). The second-order valence-electron chi connectivity index (χ2n) is 9.12. The fourth-order valence-electron chi connectivity index (χ4n) is 2.59. The Bertz CT molecular complexity index is 911. The van der Waals surface area contributed by atoms with Crippen molar-refractivity contribution in [2.45, 2.75) is 63.6 Å².